The Kier molecular flexibility index (Phi) is 3.47. The second-order valence-corrected chi connectivity index (χ2v) is 6.15. The summed E-state index contributed by atoms with van der Waals surface area (Å²) in [5, 5.41) is 15.5. The number of aromatic nitrogens is 1. The lowest BCUT2D eigenvalue weighted by atomic mass is 10.2. The fraction of sp³-hybridized carbons (Fsp3) is 0.182. The highest BCUT2D eigenvalue weighted by molar-refractivity contribution is 8.15. The minimum Gasteiger partial charge on any atom is -0.480 e. The molecule has 1 aliphatic heterocycles. The number of carboxylic acid groups (broad SMARTS) is 1. The average Bonchev–Trinajstić information content (AvgIpc) is 3.11. The third-order valence-electron chi connectivity index (χ3n) is 2.80. The van der Waals surface area contributed by atoms with Crippen molar-refractivity contribution in [2.24, 2.45) is 15.3 Å². The minimum absolute atomic E-state index is 0.0443. The first-order valence-corrected chi connectivity index (χ1v) is 7.47. The third kappa shape index (κ3) is 2.43. The van der Waals surface area contributed by atoms with Gasteiger partial charge in [-0.05, 0) is 22.5 Å². The zero-order chi connectivity index (χ0) is 15.0. The minimum atomic E-state index is -0.974. The molecule has 1 atom stereocenters. The number of carboxylic acids is 1. The fourth-order valence-corrected chi connectivity index (χ4v) is 3.88. The molecule has 21 heavy (non-hydrogen) atoms. The summed E-state index contributed by atoms with van der Waals surface area (Å²) in [6.45, 7) is 0. The molecule has 2 heterocycles. The molecule has 1 aromatic carbocycles. The van der Waals surface area contributed by atoms with Gasteiger partial charge in [-0.2, -0.15) is 0 Å². The van der Waals surface area contributed by atoms with Gasteiger partial charge in [0.2, 0.25) is 0 Å². The van der Waals surface area contributed by atoms with Crippen molar-refractivity contribution in [3.63, 3.8) is 0 Å². The van der Waals surface area contributed by atoms with Crippen molar-refractivity contribution in [1.29, 1.82) is 0 Å². The van der Waals surface area contributed by atoms with Crippen molar-refractivity contribution in [1.82, 2.24) is 4.98 Å². The molecule has 106 valence electrons. The number of nitroso groups, excluding NO2 is 2. The molecule has 0 fully saturated rings. The van der Waals surface area contributed by atoms with E-state index in [4.69, 9.17) is 5.11 Å². The van der Waals surface area contributed by atoms with Crippen LogP contribution in [-0.4, -0.2) is 32.9 Å². The highest BCUT2D eigenvalue weighted by atomic mass is 32.2. The molecule has 0 spiro atoms. The van der Waals surface area contributed by atoms with Crippen molar-refractivity contribution < 1.29 is 9.90 Å². The van der Waals surface area contributed by atoms with Crippen LogP contribution in [0.25, 0.3) is 10.2 Å². The molecule has 8 nitrogen and oxygen atoms in total. The standard InChI is InChI=1S/C11H6N4O4S2/c16-11(17)7-3-20-9(13-7)10-12-6-1-4(14-18)5(15-19)2-8(6)21-10/h1-2,7H,3H2,(H,16,17). The van der Waals surface area contributed by atoms with Crippen LogP contribution >= 0.6 is 23.1 Å². The van der Waals surface area contributed by atoms with Crippen molar-refractivity contribution in [2.75, 3.05) is 5.75 Å². The van der Waals surface area contributed by atoms with Crippen molar-refractivity contribution >= 4 is 55.7 Å². The van der Waals surface area contributed by atoms with E-state index >= 15 is 0 Å². The number of thiazole rings is 1. The van der Waals surface area contributed by atoms with E-state index in [1.54, 1.807) is 0 Å². The molecular formula is C11H6N4O4S2. The molecular weight excluding hydrogens is 316 g/mol. The van der Waals surface area contributed by atoms with E-state index in [9.17, 15) is 14.6 Å². The number of hydrogen-bond acceptors (Lipinski definition) is 9. The van der Waals surface area contributed by atoms with Gasteiger partial charge in [-0.15, -0.1) is 32.9 Å². The smallest absolute Gasteiger partial charge is 0.329 e. The largest absolute Gasteiger partial charge is 0.480 e. The Morgan fingerprint density at radius 3 is 2.62 bits per heavy atom. The quantitative estimate of drug-likeness (QED) is 0.863. The molecule has 0 bridgehead atoms. The Bertz CT molecular complexity index is 756. The van der Waals surface area contributed by atoms with Gasteiger partial charge >= 0.3 is 5.97 Å². The van der Waals surface area contributed by atoms with E-state index in [-0.39, 0.29) is 11.4 Å². The molecule has 2 aromatic rings. The third-order valence-corrected chi connectivity index (χ3v) is 5.01. The highest BCUT2D eigenvalue weighted by Crippen LogP contribution is 2.36. The summed E-state index contributed by atoms with van der Waals surface area (Å²) < 4.78 is 0.661. The van der Waals surface area contributed by atoms with Gasteiger partial charge < -0.3 is 5.11 Å². The molecule has 0 radical (unpaired) electrons. The predicted octanol–water partition coefficient (Wildman–Crippen LogP) is 3.04. The number of fused-ring (bicyclic) bond motifs is 1. The number of aliphatic carboxylic acids is 1. The second-order valence-electron chi connectivity index (χ2n) is 4.11. The Labute approximate surface area is 125 Å². The number of rotatable bonds is 4. The summed E-state index contributed by atoms with van der Waals surface area (Å²) in [7, 11) is 0. The Morgan fingerprint density at radius 1 is 1.29 bits per heavy atom. The summed E-state index contributed by atoms with van der Waals surface area (Å²) >= 11 is 2.57. The molecule has 1 unspecified atom stereocenters. The number of hydrogen-bond donors (Lipinski definition) is 1. The Hall–Kier alpha value is -2.20. The van der Waals surface area contributed by atoms with Crippen LogP contribution in [0.2, 0.25) is 0 Å². The zero-order valence-electron chi connectivity index (χ0n) is 10.2. The number of benzene rings is 1. The SMILES string of the molecule is O=Nc1cc2nc(C3=NC(C(=O)O)CS3)sc2cc1N=O. The molecule has 10 heteroatoms. The van der Waals surface area contributed by atoms with Crippen LogP contribution in [0.3, 0.4) is 0 Å². The van der Waals surface area contributed by atoms with Crippen LogP contribution in [0.1, 0.15) is 5.01 Å². The van der Waals surface area contributed by atoms with Crippen LogP contribution in [-0.2, 0) is 4.79 Å². The van der Waals surface area contributed by atoms with Crippen molar-refractivity contribution in [3.05, 3.63) is 27.0 Å². The average molecular weight is 322 g/mol. The first-order chi connectivity index (χ1) is 10.1. The molecule has 0 amide bonds. The number of nitrogens with zero attached hydrogens (tertiary/aromatic N) is 4. The summed E-state index contributed by atoms with van der Waals surface area (Å²) in [5.41, 5.74) is 0.384. The monoisotopic (exact) mass is 322 g/mol. The van der Waals surface area contributed by atoms with Crippen molar-refractivity contribution in [3.8, 4) is 0 Å². The van der Waals surface area contributed by atoms with Gasteiger partial charge in [0.05, 0.1) is 10.2 Å². The van der Waals surface area contributed by atoms with E-state index in [1.165, 1.54) is 35.2 Å². The highest BCUT2D eigenvalue weighted by Gasteiger charge is 2.27. The summed E-state index contributed by atoms with van der Waals surface area (Å²) in [6, 6.07) is 2.06. The summed E-state index contributed by atoms with van der Waals surface area (Å²) in [6.07, 6.45) is 0. The van der Waals surface area contributed by atoms with E-state index in [0.29, 0.717) is 26.0 Å². The van der Waals surface area contributed by atoms with Gasteiger partial charge in [-0.25, -0.2) is 9.78 Å². The maximum Gasteiger partial charge on any atom is 0.329 e. The number of thioether (sulfide) groups is 1. The second kappa shape index (κ2) is 5.30. The molecule has 0 saturated carbocycles. The fourth-order valence-electron chi connectivity index (χ4n) is 1.81. The maximum atomic E-state index is 10.9. The van der Waals surface area contributed by atoms with Gasteiger partial charge in [0.15, 0.2) is 6.04 Å². The van der Waals surface area contributed by atoms with Crippen LogP contribution < -0.4 is 0 Å². The Morgan fingerprint density at radius 2 is 2.00 bits per heavy atom. The van der Waals surface area contributed by atoms with Crippen LogP contribution in [0.4, 0.5) is 11.4 Å². The lowest BCUT2D eigenvalue weighted by Crippen LogP contribution is -2.17. The lowest BCUT2D eigenvalue weighted by Gasteiger charge is -1.93. The van der Waals surface area contributed by atoms with E-state index in [1.807, 2.05) is 0 Å². The molecule has 0 saturated heterocycles. The first-order valence-electron chi connectivity index (χ1n) is 5.67. The molecule has 0 aliphatic carbocycles. The maximum absolute atomic E-state index is 10.9. The normalized spacial score (nSPS) is 17.7. The number of carbonyl (C=O) groups is 1. The van der Waals surface area contributed by atoms with Crippen LogP contribution in [0.15, 0.2) is 27.5 Å². The topological polar surface area (TPSA) is 121 Å². The van der Waals surface area contributed by atoms with E-state index in [0.717, 1.165) is 0 Å². The van der Waals surface area contributed by atoms with Gasteiger partial charge in [0.25, 0.3) is 0 Å². The Balaban J connectivity index is 2.06. The first kappa shape index (κ1) is 13.8. The van der Waals surface area contributed by atoms with Crippen molar-refractivity contribution in [2.45, 2.75) is 6.04 Å². The predicted molar refractivity (Wildman–Crippen MR) is 80.9 cm³/mol. The van der Waals surface area contributed by atoms with Crippen LogP contribution in [0, 0.1) is 9.81 Å². The number of aliphatic imine (C=N–C) groups is 1. The molecule has 1 aliphatic rings. The lowest BCUT2D eigenvalue weighted by molar-refractivity contribution is -0.137. The van der Waals surface area contributed by atoms with Gasteiger partial charge in [0, 0.05) is 5.75 Å². The van der Waals surface area contributed by atoms with E-state index < -0.39 is 12.0 Å². The zero-order valence-corrected chi connectivity index (χ0v) is 11.8. The summed E-state index contributed by atoms with van der Waals surface area (Å²) in [4.78, 5) is 40.6. The molecule has 1 aromatic heterocycles. The van der Waals surface area contributed by atoms with E-state index in [2.05, 4.69) is 20.3 Å². The van der Waals surface area contributed by atoms with Gasteiger partial charge in [-0.1, -0.05) is 0 Å². The van der Waals surface area contributed by atoms with Gasteiger partial charge in [0.1, 0.15) is 21.4 Å². The van der Waals surface area contributed by atoms with Gasteiger partial charge in [-0.3, -0.25) is 4.99 Å². The molecule has 3 rings (SSSR count). The summed E-state index contributed by atoms with van der Waals surface area (Å²) in [5.74, 6) is -0.610. The van der Waals surface area contributed by atoms with Crippen LogP contribution in [0.5, 0.6) is 0 Å². The molecule has 1 N–H and O–H groups in total.